The molecule has 0 aliphatic rings. The van der Waals surface area contributed by atoms with Crippen LogP contribution in [-0.4, -0.2) is 9.78 Å². The van der Waals surface area contributed by atoms with E-state index in [-0.39, 0.29) is 6.04 Å². The van der Waals surface area contributed by atoms with E-state index >= 15 is 0 Å². The van der Waals surface area contributed by atoms with Gasteiger partial charge >= 0.3 is 0 Å². The summed E-state index contributed by atoms with van der Waals surface area (Å²) < 4.78 is 1.92. The van der Waals surface area contributed by atoms with Gasteiger partial charge in [0.2, 0.25) is 0 Å². The Balaban J connectivity index is 2.33. The molecule has 1 heterocycles. The van der Waals surface area contributed by atoms with Crippen molar-refractivity contribution >= 4 is 5.69 Å². The Morgan fingerprint density at radius 2 is 2.07 bits per heavy atom. The van der Waals surface area contributed by atoms with Crippen LogP contribution in [0.3, 0.4) is 0 Å². The summed E-state index contributed by atoms with van der Waals surface area (Å²) in [7, 11) is 0. The first-order chi connectivity index (χ1) is 7.31. The topological polar surface area (TPSA) is 43.8 Å². The number of nitrogens with two attached hydrogens (primary N) is 1. The predicted molar refractivity (Wildman–Crippen MR) is 61.5 cm³/mol. The second kappa shape index (κ2) is 4.17. The van der Waals surface area contributed by atoms with E-state index in [1.165, 1.54) is 5.56 Å². The van der Waals surface area contributed by atoms with E-state index in [4.69, 9.17) is 5.73 Å². The number of nitrogen functional groups attached to an aromatic ring is 1. The second-order valence-electron chi connectivity index (χ2n) is 3.59. The summed E-state index contributed by atoms with van der Waals surface area (Å²) in [6, 6.07) is 10.6. The van der Waals surface area contributed by atoms with Crippen LogP contribution < -0.4 is 5.73 Å². The number of nitrogens with zero attached hydrogens (tertiary/aromatic N) is 2. The van der Waals surface area contributed by atoms with E-state index in [1.807, 2.05) is 29.1 Å². The summed E-state index contributed by atoms with van der Waals surface area (Å²) in [5, 5.41) is 4.25. The normalized spacial score (nSPS) is 12.6. The minimum absolute atomic E-state index is 0.281. The van der Waals surface area contributed by atoms with Crippen molar-refractivity contribution in [1.82, 2.24) is 9.78 Å². The molecule has 0 fully saturated rings. The maximum absolute atomic E-state index is 5.67. The summed E-state index contributed by atoms with van der Waals surface area (Å²) in [6.07, 6.45) is 4.57. The first kappa shape index (κ1) is 9.77. The highest BCUT2D eigenvalue weighted by Crippen LogP contribution is 2.21. The standard InChI is InChI=1S/C12H15N3/c1-2-12(10-6-4-3-5-7-10)15-9-11(13)8-14-15/h3-9,12H,2,13H2,1H3/t12-/m0/s1. The molecule has 0 saturated carbocycles. The first-order valence-electron chi connectivity index (χ1n) is 5.16. The quantitative estimate of drug-likeness (QED) is 0.829. The van der Waals surface area contributed by atoms with Gasteiger partial charge in [-0.2, -0.15) is 5.10 Å². The van der Waals surface area contributed by atoms with Gasteiger partial charge in [0.25, 0.3) is 0 Å². The SMILES string of the molecule is CC[C@@H](c1ccccc1)n1cc(N)cn1. The Morgan fingerprint density at radius 3 is 2.60 bits per heavy atom. The minimum atomic E-state index is 0.281. The molecule has 3 heteroatoms. The van der Waals surface area contributed by atoms with Gasteiger partial charge in [0.1, 0.15) is 0 Å². The molecule has 78 valence electrons. The van der Waals surface area contributed by atoms with Gasteiger partial charge in [-0.1, -0.05) is 37.3 Å². The Kier molecular flexibility index (Phi) is 2.72. The molecule has 1 aromatic carbocycles. The van der Waals surface area contributed by atoms with Gasteiger partial charge in [0.05, 0.1) is 17.9 Å². The highest BCUT2D eigenvalue weighted by molar-refractivity contribution is 5.31. The lowest BCUT2D eigenvalue weighted by Crippen LogP contribution is -2.09. The Hall–Kier alpha value is -1.77. The number of anilines is 1. The van der Waals surface area contributed by atoms with Gasteiger partial charge in [0.15, 0.2) is 0 Å². The van der Waals surface area contributed by atoms with E-state index in [1.54, 1.807) is 6.20 Å². The molecule has 0 unspecified atom stereocenters. The molecule has 15 heavy (non-hydrogen) atoms. The monoisotopic (exact) mass is 201 g/mol. The lowest BCUT2D eigenvalue weighted by Gasteiger charge is -2.15. The molecule has 0 radical (unpaired) electrons. The fourth-order valence-corrected chi connectivity index (χ4v) is 1.77. The molecule has 0 bridgehead atoms. The van der Waals surface area contributed by atoms with Crippen LogP contribution in [0.1, 0.15) is 24.9 Å². The average Bonchev–Trinajstić information content (AvgIpc) is 2.68. The molecule has 2 aromatic rings. The molecule has 3 nitrogen and oxygen atoms in total. The first-order valence-corrected chi connectivity index (χ1v) is 5.16. The molecular weight excluding hydrogens is 186 g/mol. The van der Waals surface area contributed by atoms with Crippen LogP contribution in [-0.2, 0) is 0 Å². The smallest absolute Gasteiger partial charge is 0.0766 e. The van der Waals surface area contributed by atoms with E-state index in [9.17, 15) is 0 Å². The largest absolute Gasteiger partial charge is 0.396 e. The maximum atomic E-state index is 5.67. The van der Waals surface area contributed by atoms with Crippen molar-refractivity contribution in [1.29, 1.82) is 0 Å². The summed E-state index contributed by atoms with van der Waals surface area (Å²) >= 11 is 0. The number of aromatic nitrogens is 2. The van der Waals surface area contributed by atoms with Crippen LogP contribution in [0.25, 0.3) is 0 Å². The molecule has 2 N–H and O–H groups in total. The Labute approximate surface area is 89.5 Å². The zero-order chi connectivity index (χ0) is 10.7. The van der Waals surface area contributed by atoms with Gasteiger partial charge in [0, 0.05) is 6.20 Å². The Bertz CT molecular complexity index is 419. The van der Waals surface area contributed by atoms with Crippen LogP contribution in [0.2, 0.25) is 0 Å². The number of rotatable bonds is 3. The van der Waals surface area contributed by atoms with Crippen molar-refractivity contribution in [3.8, 4) is 0 Å². The molecule has 0 saturated heterocycles. The molecule has 0 spiro atoms. The maximum Gasteiger partial charge on any atom is 0.0766 e. The molecule has 0 amide bonds. The number of hydrogen-bond donors (Lipinski definition) is 1. The Morgan fingerprint density at radius 1 is 1.33 bits per heavy atom. The summed E-state index contributed by atoms with van der Waals surface area (Å²) in [4.78, 5) is 0. The van der Waals surface area contributed by atoms with Crippen molar-refractivity contribution in [3.63, 3.8) is 0 Å². The van der Waals surface area contributed by atoms with Crippen molar-refractivity contribution in [2.75, 3.05) is 5.73 Å². The van der Waals surface area contributed by atoms with Crippen LogP contribution in [0, 0.1) is 0 Å². The van der Waals surface area contributed by atoms with Crippen molar-refractivity contribution in [2.45, 2.75) is 19.4 Å². The lowest BCUT2D eigenvalue weighted by molar-refractivity contribution is 0.509. The van der Waals surface area contributed by atoms with Gasteiger partial charge in [-0.15, -0.1) is 0 Å². The van der Waals surface area contributed by atoms with E-state index in [0.717, 1.165) is 6.42 Å². The lowest BCUT2D eigenvalue weighted by atomic mass is 10.1. The number of benzene rings is 1. The van der Waals surface area contributed by atoms with Crippen LogP contribution in [0.5, 0.6) is 0 Å². The summed E-state index contributed by atoms with van der Waals surface area (Å²) in [6.45, 7) is 2.15. The molecule has 2 rings (SSSR count). The van der Waals surface area contributed by atoms with E-state index in [0.29, 0.717) is 5.69 Å². The fourth-order valence-electron chi connectivity index (χ4n) is 1.77. The van der Waals surface area contributed by atoms with Crippen molar-refractivity contribution in [3.05, 3.63) is 48.3 Å². The zero-order valence-electron chi connectivity index (χ0n) is 8.80. The van der Waals surface area contributed by atoms with Gasteiger partial charge < -0.3 is 5.73 Å². The van der Waals surface area contributed by atoms with Gasteiger partial charge in [-0.3, -0.25) is 4.68 Å². The summed E-state index contributed by atoms with van der Waals surface area (Å²) in [5.41, 5.74) is 7.64. The third-order valence-electron chi connectivity index (χ3n) is 2.51. The molecule has 1 aromatic heterocycles. The minimum Gasteiger partial charge on any atom is -0.396 e. The van der Waals surface area contributed by atoms with Crippen LogP contribution in [0.4, 0.5) is 5.69 Å². The van der Waals surface area contributed by atoms with Crippen LogP contribution >= 0.6 is 0 Å². The number of hydrogen-bond acceptors (Lipinski definition) is 2. The van der Waals surface area contributed by atoms with Crippen molar-refractivity contribution < 1.29 is 0 Å². The zero-order valence-corrected chi connectivity index (χ0v) is 8.80. The summed E-state index contributed by atoms with van der Waals surface area (Å²) in [5.74, 6) is 0. The predicted octanol–water partition coefficient (Wildman–Crippen LogP) is 2.46. The average molecular weight is 201 g/mol. The molecule has 1 atom stereocenters. The highest BCUT2D eigenvalue weighted by Gasteiger charge is 2.11. The molecule has 0 aliphatic carbocycles. The van der Waals surface area contributed by atoms with E-state index < -0.39 is 0 Å². The molecular formula is C12H15N3. The van der Waals surface area contributed by atoms with Gasteiger partial charge in [-0.05, 0) is 12.0 Å². The second-order valence-corrected chi connectivity index (χ2v) is 3.59. The van der Waals surface area contributed by atoms with Gasteiger partial charge in [-0.25, -0.2) is 0 Å². The van der Waals surface area contributed by atoms with Crippen LogP contribution in [0.15, 0.2) is 42.7 Å². The third kappa shape index (κ3) is 2.01. The highest BCUT2D eigenvalue weighted by atomic mass is 15.3. The van der Waals surface area contributed by atoms with Crippen molar-refractivity contribution in [2.24, 2.45) is 0 Å². The molecule has 0 aliphatic heterocycles. The van der Waals surface area contributed by atoms with E-state index in [2.05, 4.69) is 24.2 Å². The fraction of sp³-hybridized carbons (Fsp3) is 0.250. The third-order valence-corrected chi connectivity index (χ3v) is 2.51.